The first-order valence-corrected chi connectivity index (χ1v) is 7.29. The summed E-state index contributed by atoms with van der Waals surface area (Å²) in [7, 11) is 0. The molecule has 0 spiro atoms. The highest BCUT2D eigenvalue weighted by Gasteiger charge is 2.26. The van der Waals surface area contributed by atoms with Crippen molar-refractivity contribution >= 4 is 5.91 Å². The minimum atomic E-state index is 0.0392. The molecule has 2 N–H and O–H groups in total. The van der Waals surface area contributed by atoms with Crippen molar-refractivity contribution < 1.29 is 9.53 Å². The highest BCUT2D eigenvalue weighted by atomic mass is 16.5. The fourth-order valence-electron chi connectivity index (χ4n) is 2.81. The Morgan fingerprint density at radius 1 is 1.35 bits per heavy atom. The van der Waals surface area contributed by atoms with Crippen LogP contribution in [0.5, 0.6) is 0 Å². The Morgan fingerprint density at radius 3 is 3.00 bits per heavy atom. The van der Waals surface area contributed by atoms with Crippen molar-refractivity contribution in [1.29, 1.82) is 0 Å². The summed E-state index contributed by atoms with van der Waals surface area (Å²) in [5.41, 5.74) is 1.96. The third-order valence-electron chi connectivity index (χ3n) is 4.07. The number of carbonyl (C=O) groups excluding carboxylic acids is 1. The zero-order chi connectivity index (χ0) is 13.8. The Balaban J connectivity index is 1.41. The van der Waals surface area contributed by atoms with E-state index < -0.39 is 0 Å². The van der Waals surface area contributed by atoms with Gasteiger partial charge in [-0.2, -0.15) is 15.4 Å². The van der Waals surface area contributed by atoms with Crippen LogP contribution < -0.4 is 5.32 Å². The fraction of sp³-hybridized carbons (Fsp3) is 0.769. The summed E-state index contributed by atoms with van der Waals surface area (Å²) in [5, 5.41) is 13.9. The highest BCUT2D eigenvalue weighted by molar-refractivity contribution is 5.79. The Hall–Kier alpha value is -1.47. The minimum Gasteiger partial charge on any atom is -0.379 e. The summed E-state index contributed by atoms with van der Waals surface area (Å²) in [5.74, 6) is 0.184. The van der Waals surface area contributed by atoms with E-state index in [1.54, 1.807) is 0 Å². The Morgan fingerprint density at radius 2 is 2.15 bits per heavy atom. The molecule has 1 aliphatic heterocycles. The number of nitrogens with one attached hydrogen (secondary N) is 2. The molecule has 1 fully saturated rings. The highest BCUT2D eigenvalue weighted by Crippen LogP contribution is 2.22. The molecule has 0 saturated carbocycles. The molecule has 2 heterocycles. The van der Waals surface area contributed by atoms with Gasteiger partial charge in [0, 0.05) is 38.5 Å². The van der Waals surface area contributed by atoms with E-state index in [0.29, 0.717) is 13.0 Å². The lowest BCUT2D eigenvalue weighted by Gasteiger charge is -2.27. The topological polar surface area (TPSA) is 83.1 Å². The van der Waals surface area contributed by atoms with Crippen molar-refractivity contribution in [2.45, 2.75) is 19.3 Å². The van der Waals surface area contributed by atoms with Crippen LogP contribution in [-0.4, -0.2) is 65.6 Å². The van der Waals surface area contributed by atoms with Crippen LogP contribution in [0.2, 0.25) is 0 Å². The molecular weight excluding hydrogens is 258 g/mol. The van der Waals surface area contributed by atoms with E-state index in [-0.39, 0.29) is 11.8 Å². The van der Waals surface area contributed by atoms with E-state index in [1.807, 2.05) is 0 Å². The normalized spacial score (nSPS) is 23.3. The summed E-state index contributed by atoms with van der Waals surface area (Å²) in [6.07, 6.45) is 2.41. The van der Waals surface area contributed by atoms with Gasteiger partial charge in [-0.1, -0.05) is 0 Å². The smallest absolute Gasteiger partial charge is 0.223 e. The van der Waals surface area contributed by atoms with Gasteiger partial charge >= 0.3 is 0 Å². The SMILES string of the molecule is O=C(NCCN1CCOCC1)C1CCc2n[nH]nc2C1. The monoisotopic (exact) mass is 279 g/mol. The quantitative estimate of drug-likeness (QED) is 0.766. The van der Waals surface area contributed by atoms with Gasteiger partial charge in [-0.3, -0.25) is 9.69 Å². The van der Waals surface area contributed by atoms with Crippen molar-refractivity contribution in [2.24, 2.45) is 5.92 Å². The molecule has 1 aromatic heterocycles. The van der Waals surface area contributed by atoms with Gasteiger partial charge < -0.3 is 10.1 Å². The molecule has 0 bridgehead atoms. The molecule has 1 saturated heterocycles. The maximum Gasteiger partial charge on any atom is 0.223 e. The molecule has 110 valence electrons. The predicted molar refractivity (Wildman–Crippen MR) is 72.2 cm³/mol. The van der Waals surface area contributed by atoms with Gasteiger partial charge in [0.15, 0.2) is 0 Å². The number of amides is 1. The molecule has 1 amide bonds. The first kappa shape index (κ1) is 13.5. The number of hydrogen-bond acceptors (Lipinski definition) is 5. The summed E-state index contributed by atoms with van der Waals surface area (Å²) < 4.78 is 5.30. The number of aryl methyl sites for hydroxylation is 1. The van der Waals surface area contributed by atoms with Crippen molar-refractivity contribution in [1.82, 2.24) is 25.6 Å². The summed E-state index contributed by atoms with van der Waals surface area (Å²) in [4.78, 5) is 14.5. The van der Waals surface area contributed by atoms with Gasteiger partial charge in [-0.05, 0) is 12.8 Å². The molecule has 1 aliphatic carbocycles. The molecule has 1 aromatic rings. The maximum atomic E-state index is 12.2. The van der Waals surface area contributed by atoms with Gasteiger partial charge in [0.05, 0.1) is 24.6 Å². The second kappa shape index (κ2) is 6.32. The Kier molecular flexibility index (Phi) is 4.27. The zero-order valence-electron chi connectivity index (χ0n) is 11.6. The number of hydrogen-bond donors (Lipinski definition) is 2. The van der Waals surface area contributed by atoms with Crippen molar-refractivity contribution in [3.8, 4) is 0 Å². The lowest BCUT2D eigenvalue weighted by Crippen LogP contribution is -2.43. The van der Waals surface area contributed by atoms with E-state index >= 15 is 0 Å². The van der Waals surface area contributed by atoms with Crippen LogP contribution in [-0.2, 0) is 22.4 Å². The summed E-state index contributed by atoms with van der Waals surface area (Å²) in [6, 6.07) is 0. The predicted octanol–water partition coefficient (Wildman–Crippen LogP) is -0.642. The van der Waals surface area contributed by atoms with E-state index in [4.69, 9.17) is 4.74 Å². The first-order valence-electron chi connectivity index (χ1n) is 7.29. The number of ether oxygens (including phenoxy) is 1. The Bertz CT molecular complexity index is 455. The average Bonchev–Trinajstić information content (AvgIpc) is 2.95. The van der Waals surface area contributed by atoms with Gasteiger partial charge in [0.1, 0.15) is 0 Å². The second-order valence-electron chi connectivity index (χ2n) is 5.40. The number of nitrogens with zero attached hydrogens (tertiary/aromatic N) is 3. The van der Waals surface area contributed by atoms with Crippen molar-refractivity contribution in [2.75, 3.05) is 39.4 Å². The molecular formula is C13H21N5O2. The van der Waals surface area contributed by atoms with Crippen LogP contribution in [0, 0.1) is 5.92 Å². The van der Waals surface area contributed by atoms with E-state index in [0.717, 1.165) is 57.1 Å². The lowest BCUT2D eigenvalue weighted by molar-refractivity contribution is -0.125. The standard InChI is InChI=1S/C13H21N5O2/c19-13(14-3-4-18-5-7-20-8-6-18)10-1-2-11-12(9-10)16-17-15-11/h10H,1-9H2,(H,14,19)(H,15,16,17). The average molecular weight is 279 g/mol. The van der Waals surface area contributed by atoms with E-state index in [2.05, 4.69) is 25.6 Å². The molecule has 1 unspecified atom stereocenters. The third-order valence-corrected chi connectivity index (χ3v) is 4.07. The van der Waals surface area contributed by atoms with Crippen LogP contribution in [0.3, 0.4) is 0 Å². The molecule has 7 nitrogen and oxygen atoms in total. The van der Waals surface area contributed by atoms with Crippen LogP contribution >= 0.6 is 0 Å². The molecule has 20 heavy (non-hydrogen) atoms. The lowest BCUT2D eigenvalue weighted by atomic mass is 9.89. The maximum absolute atomic E-state index is 12.2. The van der Waals surface area contributed by atoms with Gasteiger partial charge in [-0.15, -0.1) is 0 Å². The molecule has 3 rings (SSSR count). The molecule has 0 aromatic carbocycles. The molecule has 7 heteroatoms. The van der Waals surface area contributed by atoms with Crippen molar-refractivity contribution in [3.63, 3.8) is 0 Å². The number of aromatic nitrogens is 3. The van der Waals surface area contributed by atoms with Crippen molar-refractivity contribution in [3.05, 3.63) is 11.4 Å². The second-order valence-corrected chi connectivity index (χ2v) is 5.40. The molecule has 2 aliphatic rings. The Labute approximate surface area is 118 Å². The fourth-order valence-corrected chi connectivity index (χ4v) is 2.81. The summed E-state index contributed by atoms with van der Waals surface area (Å²) in [6.45, 7) is 5.12. The molecule has 0 radical (unpaired) electrons. The number of morpholine rings is 1. The third kappa shape index (κ3) is 3.16. The first-order chi connectivity index (χ1) is 9.83. The van der Waals surface area contributed by atoms with Crippen LogP contribution in [0.4, 0.5) is 0 Å². The molecule has 1 atom stereocenters. The van der Waals surface area contributed by atoms with Gasteiger partial charge in [0.2, 0.25) is 5.91 Å². The summed E-state index contributed by atoms with van der Waals surface area (Å²) >= 11 is 0. The number of aromatic amines is 1. The largest absolute Gasteiger partial charge is 0.379 e. The van der Waals surface area contributed by atoms with Crippen LogP contribution in [0.1, 0.15) is 17.8 Å². The van der Waals surface area contributed by atoms with E-state index in [9.17, 15) is 4.79 Å². The van der Waals surface area contributed by atoms with E-state index in [1.165, 1.54) is 0 Å². The number of rotatable bonds is 4. The number of carbonyl (C=O) groups is 1. The van der Waals surface area contributed by atoms with Crippen LogP contribution in [0.15, 0.2) is 0 Å². The van der Waals surface area contributed by atoms with Gasteiger partial charge in [0.25, 0.3) is 0 Å². The number of H-pyrrole nitrogens is 1. The number of fused-ring (bicyclic) bond motifs is 1. The van der Waals surface area contributed by atoms with Gasteiger partial charge in [-0.25, -0.2) is 0 Å². The zero-order valence-corrected chi connectivity index (χ0v) is 11.6. The van der Waals surface area contributed by atoms with Crippen LogP contribution in [0.25, 0.3) is 0 Å². The minimum absolute atomic E-state index is 0.0392.